The summed E-state index contributed by atoms with van der Waals surface area (Å²) in [6.45, 7) is 2.09. The number of hydrogen-bond acceptors (Lipinski definition) is 3. The lowest BCUT2D eigenvalue weighted by atomic mass is 10.2. The van der Waals surface area contributed by atoms with Crippen LogP contribution in [-0.2, 0) is 6.18 Å². The summed E-state index contributed by atoms with van der Waals surface area (Å²) < 4.78 is 42.0. The highest BCUT2D eigenvalue weighted by molar-refractivity contribution is 5.53. The van der Waals surface area contributed by atoms with Gasteiger partial charge in [0.1, 0.15) is 0 Å². The minimum atomic E-state index is -4.39. The molecule has 6 heteroatoms. The summed E-state index contributed by atoms with van der Waals surface area (Å²) in [5, 5.41) is 2.61. The molecule has 1 aromatic rings. The number of rotatable bonds is 3. The summed E-state index contributed by atoms with van der Waals surface area (Å²) in [7, 11) is 1.51. The van der Waals surface area contributed by atoms with Gasteiger partial charge >= 0.3 is 6.18 Å². The van der Waals surface area contributed by atoms with Gasteiger partial charge in [0.15, 0.2) is 0 Å². The van der Waals surface area contributed by atoms with Crippen molar-refractivity contribution in [2.75, 3.05) is 19.0 Å². The molecule has 1 heterocycles. The Labute approximate surface area is 85.3 Å². The Morgan fingerprint density at radius 3 is 2.60 bits per heavy atom. The van der Waals surface area contributed by atoms with Crippen LogP contribution in [0.1, 0.15) is 12.5 Å². The minimum absolute atomic E-state index is 0.174. The monoisotopic (exact) mass is 220 g/mol. The highest BCUT2D eigenvalue weighted by Gasteiger charge is 2.31. The molecule has 1 aromatic heterocycles. The van der Waals surface area contributed by atoms with Crippen molar-refractivity contribution in [2.24, 2.45) is 0 Å². The van der Waals surface area contributed by atoms with Crippen molar-refractivity contribution < 1.29 is 17.9 Å². The fourth-order valence-corrected chi connectivity index (χ4v) is 1.04. The van der Waals surface area contributed by atoms with Crippen molar-refractivity contribution >= 4 is 5.69 Å². The zero-order valence-corrected chi connectivity index (χ0v) is 8.35. The van der Waals surface area contributed by atoms with Crippen LogP contribution >= 0.6 is 0 Å². The molecule has 0 saturated heterocycles. The summed E-state index contributed by atoms with van der Waals surface area (Å²) in [5.74, 6) is 0.174. The molecule has 0 aliphatic heterocycles. The highest BCUT2D eigenvalue weighted by atomic mass is 19.4. The number of anilines is 1. The van der Waals surface area contributed by atoms with Crippen LogP contribution in [0.5, 0.6) is 5.88 Å². The number of aromatic nitrogens is 1. The van der Waals surface area contributed by atoms with Gasteiger partial charge in [-0.3, -0.25) is 0 Å². The zero-order chi connectivity index (χ0) is 11.5. The normalized spacial score (nSPS) is 11.3. The van der Waals surface area contributed by atoms with Crippen molar-refractivity contribution in [1.29, 1.82) is 0 Å². The van der Waals surface area contributed by atoms with Crippen LogP contribution in [-0.4, -0.2) is 18.6 Å². The van der Waals surface area contributed by atoms with Crippen LogP contribution < -0.4 is 10.1 Å². The van der Waals surface area contributed by atoms with E-state index in [4.69, 9.17) is 4.74 Å². The Balaban J connectivity index is 3.08. The third-order valence-corrected chi connectivity index (χ3v) is 1.73. The van der Waals surface area contributed by atoms with Crippen LogP contribution in [0.25, 0.3) is 0 Å². The molecule has 0 amide bonds. The third kappa shape index (κ3) is 2.74. The van der Waals surface area contributed by atoms with Gasteiger partial charge in [0, 0.05) is 13.2 Å². The molecule has 84 valence electrons. The van der Waals surface area contributed by atoms with Crippen LogP contribution in [0.3, 0.4) is 0 Å². The van der Waals surface area contributed by atoms with Crippen molar-refractivity contribution in [3.8, 4) is 5.88 Å². The van der Waals surface area contributed by atoms with Crippen LogP contribution in [0, 0.1) is 0 Å². The van der Waals surface area contributed by atoms with Crippen LogP contribution in [0.2, 0.25) is 0 Å². The van der Waals surface area contributed by atoms with Crippen molar-refractivity contribution in [2.45, 2.75) is 13.1 Å². The van der Waals surface area contributed by atoms with Crippen molar-refractivity contribution in [3.05, 3.63) is 17.8 Å². The number of nitrogens with one attached hydrogen (secondary N) is 1. The molecule has 3 nitrogen and oxygen atoms in total. The summed E-state index contributed by atoms with van der Waals surface area (Å²) in [6.07, 6.45) is -3.63. The largest absolute Gasteiger partial charge is 0.476 e. The molecule has 0 unspecified atom stereocenters. The van der Waals surface area contributed by atoms with Crippen LogP contribution in [0.4, 0.5) is 18.9 Å². The van der Waals surface area contributed by atoms with Gasteiger partial charge < -0.3 is 10.1 Å². The van der Waals surface area contributed by atoms with Gasteiger partial charge in [-0.05, 0) is 13.0 Å². The van der Waals surface area contributed by atoms with Gasteiger partial charge in [0.2, 0.25) is 5.88 Å². The fraction of sp³-hybridized carbons (Fsp3) is 0.444. The van der Waals surface area contributed by atoms with E-state index in [-0.39, 0.29) is 11.6 Å². The Bertz CT molecular complexity index is 339. The molecule has 0 aliphatic rings. The SMILES string of the molecule is CCOc1ncc(C(F)(F)F)cc1NC. The summed E-state index contributed by atoms with van der Waals surface area (Å²) in [6, 6.07) is 0.970. The molecule has 1 rings (SSSR count). The Hall–Kier alpha value is -1.46. The second-order valence-electron chi connectivity index (χ2n) is 2.76. The maximum absolute atomic E-state index is 12.3. The smallest absolute Gasteiger partial charge is 0.417 e. The average molecular weight is 220 g/mol. The van der Waals surface area contributed by atoms with Crippen molar-refractivity contribution in [1.82, 2.24) is 4.98 Å². The molecule has 0 aliphatic carbocycles. The number of alkyl halides is 3. The molecular weight excluding hydrogens is 209 g/mol. The summed E-state index contributed by atoms with van der Waals surface area (Å²) in [4.78, 5) is 3.60. The van der Waals surface area contributed by atoms with Gasteiger partial charge in [-0.1, -0.05) is 0 Å². The lowest BCUT2D eigenvalue weighted by Gasteiger charge is -2.11. The summed E-state index contributed by atoms with van der Waals surface area (Å²) >= 11 is 0. The van der Waals surface area contributed by atoms with E-state index in [0.29, 0.717) is 6.61 Å². The zero-order valence-electron chi connectivity index (χ0n) is 8.35. The standard InChI is InChI=1S/C9H11F3N2O/c1-3-15-8-7(13-2)4-6(5-14-8)9(10,11)12/h4-5,13H,3H2,1-2H3. The molecular formula is C9H11F3N2O. The fourth-order valence-electron chi connectivity index (χ4n) is 1.04. The number of hydrogen-bond donors (Lipinski definition) is 1. The average Bonchev–Trinajstić information content (AvgIpc) is 2.17. The predicted octanol–water partition coefficient (Wildman–Crippen LogP) is 2.54. The number of halogens is 3. The molecule has 0 aromatic carbocycles. The van der Waals surface area contributed by atoms with Gasteiger partial charge in [-0.2, -0.15) is 13.2 Å². The van der Waals surface area contributed by atoms with Gasteiger partial charge in [0.05, 0.1) is 17.9 Å². The molecule has 0 radical (unpaired) electrons. The van der Waals surface area contributed by atoms with Gasteiger partial charge in [-0.25, -0.2) is 4.98 Å². The Kier molecular flexibility index (Phi) is 3.39. The number of nitrogens with zero attached hydrogens (tertiary/aromatic N) is 1. The Morgan fingerprint density at radius 1 is 1.47 bits per heavy atom. The highest BCUT2D eigenvalue weighted by Crippen LogP contribution is 2.33. The molecule has 15 heavy (non-hydrogen) atoms. The van der Waals surface area contributed by atoms with E-state index in [0.717, 1.165) is 12.3 Å². The van der Waals surface area contributed by atoms with Gasteiger partial charge in [0.25, 0.3) is 0 Å². The van der Waals surface area contributed by atoms with E-state index in [1.54, 1.807) is 6.92 Å². The van der Waals surface area contributed by atoms with E-state index < -0.39 is 11.7 Å². The molecule has 0 atom stereocenters. The second-order valence-corrected chi connectivity index (χ2v) is 2.76. The summed E-state index contributed by atoms with van der Waals surface area (Å²) in [5.41, 5.74) is -0.568. The van der Waals surface area contributed by atoms with E-state index >= 15 is 0 Å². The van der Waals surface area contributed by atoms with E-state index in [1.165, 1.54) is 7.05 Å². The molecule has 0 saturated carbocycles. The first-order valence-corrected chi connectivity index (χ1v) is 4.36. The van der Waals surface area contributed by atoms with E-state index in [9.17, 15) is 13.2 Å². The second kappa shape index (κ2) is 4.37. The lowest BCUT2D eigenvalue weighted by molar-refractivity contribution is -0.137. The first-order chi connectivity index (χ1) is 6.99. The minimum Gasteiger partial charge on any atom is -0.476 e. The predicted molar refractivity (Wildman–Crippen MR) is 50.0 cm³/mol. The topological polar surface area (TPSA) is 34.1 Å². The van der Waals surface area contributed by atoms with Crippen LogP contribution in [0.15, 0.2) is 12.3 Å². The lowest BCUT2D eigenvalue weighted by Crippen LogP contribution is -2.08. The molecule has 0 bridgehead atoms. The molecule has 1 N–H and O–H groups in total. The Morgan fingerprint density at radius 2 is 2.13 bits per heavy atom. The third-order valence-electron chi connectivity index (χ3n) is 1.73. The number of pyridine rings is 1. The van der Waals surface area contributed by atoms with E-state index in [1.807, 2.05) is 0 Å². The van der Waals surface area contributed by atoms with Crippen molar-refractivity contribution in [3.63, 3.8) is 0 Å². The van der Waals surface area contributed by atoms with E-state index in [2.05, 4.69) is 10.3 Å². The quantitative estimate of drug-likeness (QED) is 0.849. The number of ether oxygens (including phenoxy) is 1. The maximum atomic E-state index is 12.3. The molecule has 0 spiro atoms. The molecule has 0 fully saturated rings. The first-order valence-electron chi connectivity index (χ1n) is 4.36. The maximum Gasteiger partial charge on any atom is 0.417 e. The first kappa shape index (κ1) is 11.6. The van der Waals surface area contributed by atoms with Gasteiger partial charge in [-0.15, -0.1) is 0 Å².